The molecule has 0 saturated carbocycles. The zero-order chi connectivity index (χ0) is 85.6. The Morgan fingerprint density at radius 1 is 0.315 bits per heavy atom. The molecular formula is C71H125N17O23. The van der Waals surface area contributed by atoms with Gasteiger partial charge < -0.3 is 117 Å². The highest BCUT2D eigenvalue weighted by molar-refractivity contribution is 6.01. The molecule has 0 aromatic carbocycles. The number of hydrogen-bond acceptors (Lipinski definition) is 22. The number of carboxylic acids is 3. The summed E-state index contributed by atoms with van der Waals surface area (Å²) in [5, 5.41) is 86.5. The first-order valence-corrected chi connectivity index (χ1v) is 37.6. The van der Waals surface area contributed by atoms with Crippen LogP contribution in [-0.2, 0) is 86.3 Å². The Morgan fingerprint density at radius 2 is 0.604 bits per heavy atom. The topological polar surface area (TPSA) is 641 Å². The minimum Gasteiger partial charge on any atom is -0.481 e. The molecule has 632 valence electrons. The minimum atomic E-state index is -1.90. The molecule has 0 heterocycles. The molecule has 19 atom stereocenters. The number of hydrogen-bond donors (Lipinski definition) is 22. The van der Waals surface area contributed by atoms with Crippen LogP contribution in [0.15, 0.2) is 0 Å². The fraction of sp³-hybridized carbons (Fsp3) is 0.746. The number of amides is 15. The van der Waals surface area contributed by atoms with Crippen LogP contribution >= 0.6 is 0 Å². The van der Waals surface area contributed by atoms with E-state index in [1.165, 1.54) is 48.5 Å². The summed E-state index contributed by atoms with van der Waals surface area (Å²) in [6.45, 7) is 24.3. The van der Waals surface area contributed by atoms with E-state index in [9.17, 15) is 112 Å². The van der Waals surface area contributed by atoms with Crippen LogP contribution in [0, 0.1) is 35.5 Å². The van der Waals surface area contributed by atoms with E-state index in [2.05, 4.69) is 79.8 Å². The van der Waals surface area contributed by atoms with Crippen LogP contribution in [0.3, 0.4) is 0 Å². The summed E-state index contributed by atoms with van der Waals surface area (Å²) >= 11 is 0. The molecule has 0 aliphatic heterocycles. The molecule has 111 heavy (non-hydrogen) atoms. The molecule has 40 heteroatoms. The van der Waals surface area contributed by atoms with E-state index in [0.29, 0.717) is 19.3 Å². The maximum absolute atomic E-state index is 14.4. The smallest absolute Gasteiger partial charge is 0.325 e. The maximum Gasteiger partial charge on any atom is 0.325 e. The fourth-order valence-electron chi connectivity index (χ4n) is 10.7. The summed E-state index contributed by atoms with van der Waals surface area (Å²) in [5.41, 5.74) is 11.2. The van der Waals surface area contributed by atoms with Crippen molar-refractivity contribution in [2.75, 3.05) is 19.7 Å². The van der Waals surface area contributed by atoms with E-state index < -0.39 is 272 Å². The maximum atomic E-state index is 14.4. The quantitative estimate of drug-likeness (QED) is 0.0254. The third-order valence-corrected chi connectivity index (χ3v) is 18.4. The number of nitrogens with two attached hydrogens (primary N) is 2. The van der Waals surface area contributed by atoms with Crippen molar-refractivity contribution in [3.05, 3.63) is 0 Å². The van der Waals surface area contributed by atoms with Crippen molar-refractivity contribution in [1.82, 2.24) is 79.8 Å². The molecule has 0 spiro atoms. The van der Waals surface area contributed by atoms with E-state index in [1.807, 2.05) is 0 Å². The van der Waals surface area contributed by atoms with E-state index >= 15 is 0 Å². The third kappa shape index (κ3) is 36.3. The molecule has 0 fully saturated rings. The number of aliphatic hydroxyl groups excluding tert-OH is 2. The summed E-state index contributed by atoms with van der Waals surface area (Å²) in [6.07, 6.45) is -2.62. The van der Waals surface area contributed by atoms with Gasteiger partial charge in [-0.2, -0.15) is 0 Å². The molecule has 0 aromatic heterocycles. The van der Waals surface area contributed by atoms with Gasteiger partial charge in [0, 0.05) is 12.8 Å². The van der Waals surface area contributed by atoms with E-state index in [-0.39, 0.29) is 38.1 Å². The molecule has 0 aromatic rings. The van der Waals surface area contributed by atoms with Crippen molar-refractivity contribution in [2.45, 2.75) is 285 Å². The number of carbonyl (C=O) groups excluding carboxylic acids is 15. The fourth-order valence-corrected chi connectivity index (χ4v) is 10.7. The van der Waals surface area contributed by atoms with Crippen molar-refractivity contribution < 1.29 is 112 Å². The van der Waals surface area contributed by atoms with Crippen LogP contribution in [-0.4, -0.2) is 248 Å². The first-order chi connectivity index (χ1) is 51.7. The van der Waals surface area contributed by atoms with Gasteiger partial charge in [-0.15, -0.1) is 0 Å². The highest BCUT2D eigenvalue weighted by Crippen LogP contribution is 2.17. The van der Waals surface area contributed by atoms with Crippen molar-refractivity contribution >= 4 is 107 Å². The normalized spacial score (nSPS) is 16.4. The second kappa shape index (κ2) is 51.0. The summed E-state index contributed by atoms with van der Waals surface area (Å²) in [5.74, 6) is -21.7. The predicted molar refractivity (Wildman–Crippen MR) is 401 cm³/mol. The van der Waals surface area contributed by atoms with Crippen LogP contribution in [0.5, 0.6) is 0 Å². The lowest BCUT2D eigenvalue weighted by Crippen LogP contribution is -2.63. The minimum absolute atomic E-state index is 0.0551. The highest BCUT2D eigenvalue weighted by Gasteiger charge is 2.40. The van der Waals surface area contributed by atoms with E-state index in [1.54, 1.807) is 69.2 Å². The van der Waals surface area contributed by atoms with Gasteiger partial charge in [0.15, 0.2) is 0 Å². The zero-order valence-corrected chi connectivity index (χ0v) is 66.8. The molecule has 0 bridgehead atoms. The monoisotopic (exact) mass is 1580 g/mol. The van der Waals surface area contributed by atoms with E-state index in [0.717, 1.165) is 0 Å². The Morgan fingerprint density at radius 3 is 0.991 bits per heavy atom. The summed E-state index contributed by atoms with van der Waals surface area (Å²) in [7, 11) is 0. The second-order valence-corrected chi connectivity index (χ2v) is 29.1. The summed E-state index contributed by atoms with van der Waals surface area (Å²) < 4.78 is 0. The Bertz CT molecular complexity index is 3180. The number of nitrogens with one attached hydrogen (secondary N) is 15. The first kappa shape index (κ1) is 101. The number of aliphatic carboxylic acids is 3. The van der Waals surface area contributed by atoms with Gasteiger partial charge in [-0.25, -0.2) is 0 Å². The standard InChI is InChI=1S/C71H125N17O23/c1-18-35(10)53(83-48(91)30-73)67(106)80-44(24-26-49(92)93)60(99)75-38(13)57(96)74-40(15)59(98)84-51(33(6)7)65(104)76-39(14)58(97)78-45(25-27-50(94)95)61(100)82-47(31-89)64(103)81-46(29-32(4)5)63(102)87-55(37(12)20-3)69(108)88-56(42(17)90)70(109)79-43(23-21-22-28-72)62(101)86-54(36(11)19-2)68(107)85-52(34(8)9)66(105)77-41(16)71(110)111/h32-47,51-56,89-90H,18-31,72-73H2,1-17H3,(H,74,96)(H,75,99)(H,76,104)(H,77,105)(H,78,97)(H,79,109)(H,80,106)(H,81,103)(H,82,100)(H,83,91)(H,84,98)(H,85,107)(H,86,101)(H,87,102)(H,88,108)(H,92,93)(H,94,95)(H,110,111)/t35-,36-,37-,38-,39-,40-,41-,42+,43-,44-,45-,46-,47-,51-,52-,53-,54-,55-,56-/m0/s1. The van der Waals surface area contributed by atoms with Crippen molar-refractivity contribution in [3.63, 3.8) is 0 Å². The van der Waals surface area contributed by atoms with Gasteiger partial charge in [0.05, 0.1) is 19.3 Å². The Balaban J connectivity index is 6.60. The van der Waals surface area contributed by atoms with Crippen LogP contribution in [0.2, 0.25) is 0 Å². The van der Waals surface area contributed by atoms with Crippen LogP contribution in [0.1, 0.15) is 188 Å². The van der Waals surface area contributed by atoms with Crippen LogP contribution < -0.4 is 91.2 Å². The lowest BCUT2D eigenvalue weighted by Gasteiger charge is -2.31. The lowest BCUT2D eigenvalue weighted by molar-refractivity contribution is -0.142. The molecule has 0 rings (SSSR count). The van der Waals surface area contributed by atoms with Crippen LogP contribution in [0.4, 0.5) is 0 Å². The molecule has 15 amide bonds. The number of unbranched alkanes of at least 4 members (excludes halogenated alkanes) is 1. The van der Waals surface area contributed by atoms with Gasteiger partial charge in [-0.1, -0.05) is 102 Å². The molecule has 24 N–H and O–H groups in total. The van der Waals surface area contributed by atoms with Gasteiger partial charge in [-0.05, 0) is 115 Å². The number of rotatable bonds is 53. The molecule has 0 aliphatic carbocycles. The Hall–Kier alpha value is -9.70. The highest BCUT2D eigenvalue weighted by atomic mass is 16.4. The lowest BCUT2D eigenvalue weighted by atomic mass is 9.95. The molecule has 0 radical (unpaired) electrons. The molecule has 0 saturated heterocycles. The van der Waals surface area contributed by atoms with E-state index in [4.69, 9.17) is 11.5 Å². The average molecular weight is 1580 g/mol. The first-order valence-electron chi connectivity index (χ1n) is 37.6. The van der Waals surface area contributed by atoms with Crippen molar-refractivity contribution in [2.24, 2.45) is 47.0 Å². The summed E-state index contributed by atoms with van der Waals surface area (Å²) in [4.78, 5) is 240. The zero-order valence-electron chi connectivity index (χ0n) is 66.8. The predicted octanol–water partition coefficient (Wildman–Crippen LogP) is -4.89. The molecular weight excluding hydrogens is 1460 g/mol. The molecule has 40 nitrogen and oxygen atoms in total. The van der Waals surface area contributed by atoms with Crippen molar-refractivity contribution in [3.8, 4) is 0 Å². The number of carboxylic acid groups (broad SMARTS) is 3. The van der Waals surface area contributed by atoms with Gasteiger partial charge in [-0.3, -0.25) is 86.3 Å². The SMILES string of the molecule is CC[C@H](C)[C@H](NC(=O)CN)C(=O)N[C@@H](CCC(=O)O)C(=O)N[C@@H](C)C(=O)N[C@@H](C)C(=O)N[C@H](C(=O)N[C@@H](C)C(=O)N[C@@H](CCC(=O)O)C(=O)N[C@@H](CO)C(=O)N[C@@H](CC(C)C)C(=O)N[C@H](C(=O)N[C@H](C(=O)N[C@@H](CCCCN)C(=O)N[C@H](C(=O)N[C@H](C(=O)N[C@@H](C)C(=O)O)C(C)C)[C@@H](C)CC)[C@@H](C)O)[C@@H](C)CC)C(C)C. The second-order valence-electron chi connectivity index (χ2n) is 29.1. The van der Waals surface area contributed by atoms with Crippen molar-refractivity contribution in [1.29, 1.82) is 0 Å². The molecule has 0 aliphatic rings. The third-order valence-electron chi connectivity index (χ3n) is 18.4. The Labute approximate surface area is 647 Å². The van der Waals surface area contributed by atoms with Gasteiger partial charge >= 0.3 is 17.9 Å². The number of aliphatic hydroxyl groups is 2. The number of carbonyl (C=O) groups is 18. The summed E-state index contributed by atoms with van der Waals surface area (Å²) in [6, 6.07) is -22.2. The van der Waals surface area contributed by atoms with Gasteiger partial charge in [0.2, 0.25) is 88.6 Å². The van der Waals surface area contributed by atoms with Gasteiger partial charge in [0.25, 0.3) is 0 Å². The van der Waals surface area contributed by atoms with Gasteiger partial charge in [0.1, 0.15) is 90.6 Å². The Kier molecular flexibility index (Phi) is 46.5. The molecule has 0 unspecified atom stereocenters. The van der Waals surface area contributed by atoms with Crippen LogP contribution in [0.25, 0.3) is 0 Å². The average Bonchev–Trinajstić information content (AvgIpc) is 0.852. The largest absolute Gasteiger partial charge is 0.481 e.